The smallest absolute Gasteiger partial charge is 0.184 e. The van der Waals surface area contributed by atoms with Crippen LogP contribution in [0.4, 0.5) is 4.39 Å². The van der Waals surface area contributed by atoms with Crippen molar-refractivity contribution in [1.29, 1.82) is 5.26 Å². The fourth-order valence-electron chi connectivity index (χ4n) is 0.730. The Hall–Kier alpha value is -0.403. The van der Waals surface area contributed by atoms with Crippen molar-refractivity contribution in [2.45, 2.75) is 32.2 Å². The largest absolute Gasteiger partial charge is 0.411 e. The second-order valence-corrected chi connectivity index (χ2v) is 7.83. The first-order chi connectivity index (χ1) is 4.99. The van der Waals surface area contributed by atoms with Crippen LogP contribution in [0.5, 0.6) is 0 Å². The molecule has 0 radical (unpaired) electrons. The first-order valence-electron chi connectivity index (χ1n) is 3.60. The second-order valence-electron chi connectivity index (χ2n) is 3.37. The summed E-state index contributed by atoms with van der Waals surface area (Å²) in [6.07, 6.45) is -0.354. The molecule has 0 saturated carbocycles. The molecule has 4 heteroatoms. The Morgan fingerprint density at radius 3 is 2.36 bits per heavy atom. The van der Waals surface area contributed by atoms with Gasteiger partial charge in [-0.15, -0.1) is 0 Å². The molecule has 64 valence electrons. The van der Waals surface area contributed by atoms with Crippen LogP contribution in [0.2, 0.25) is 19.6 Å². The van der Waals surface area contributed by atoms with Crippen molar-refractivity contribution in [3.63, 3.8) is 0 Å². The third-order valence-corrected chi connectivity index (χ3v) is 2.05. The summed E-state index contributed by atoms with van der Waals surface area (Å²) >= 11 is 0. The van der Waals surface area contributed by atoms with Gasteiger partial charge >= 0.3 is 0 Å². The molecule has 1 atom stereocenters. The fourth-order valence-corrected chi connectivity index (χ4v) is 1.88. The summed E-state index contributed by atoms with van der Waals surface area (Å²) in [5, 5.41) is 8.28. The van der Waals surface area contributed by atoms with Gasteiger partial charge in [-0.1, -0.05) is 0 Å². The summed E-state index contributed by atoms with van der Waals surface area (Å²) in [5.74, 6) is 0. The second kappa shape index (κ2) is 4.47. The minimum atomic E-state index is -1.67. The van der Waals surface area contributed by atoms with Crippen LogP contribution in [0.15, 0.2) is 0 Å². The third kappa shape index (κ3) is 6.01. The van der Waals surface area contributed by atoms with Crippen molar-refractivity contribution in [1.82, 2.24) is 0 Å². The molecule has 0 rings (SSSR count). The molecule has 0 aliphatic rings. The molecule has 0 fully saturated rings. The van der Waals surface area contributed by atoms with Crippen molar-refractivity contribution < 1.29 is 8.82 Å². The summed E-state index contributed by atoms with van der Waals surface area (Å²) in [6.45, 7) is 5.38. The average Bonchev–Trinajstić information content (AvgIpc) is 1.84. The zero-order valence-corrected chi connectivity index (χ0v) is 8.22. The molecule has 0 aliphatic heterocycles. The van der Waals surface area contributed by atoms with Crippen LogP contribution < -0.4 is 0 Å². The van der Waals surface area contributed by atoms with Gasteiger partial charge in [-0.05, 0) is 19.6 Å². The van der Waals surface area contributed by atoms with Crippen molar-refractivity contribution in [3.05, 3.63) is 0 Å². The highest BCUT2D eigenvalue weighted by Crippen LogP contribution is 2.09. The summed E-state index contributed by atoms with van der Waals surface area (Å²) < 4.78 is 17.5. The Balaban J connectivity index is 3.80. The molecule has 0 bridgehead atoms. The summed E-state index contributed by atoms with van der Waals surface area (Å²) in [4.78, 5) is 0. The lowest BCUT2D eigenvalue weighted by Crippen LogP contribution is -2.32. The van der Waals surface area contributed by atoms with Gasteiger partial charge in [-0.2, -0.15) is 5.26 Å². The molecule has 0 aromatic heterocycles. The number of rotatable bonds is 4. The van der Waals surface area contributed by atoms with Crippen molar-refractivity contribution in [3.8, 4) is 6.07 Å². The molecular formula is C7H14FNOSi. The maximum absolute atomic E-state index is 12.1. The molecule has 0 aromatic carbocycles. The standard InChI is InChI=1S/C7H14FNOSi/c1-11(2,3)10-7(6-8)4-5-9/h7H,4,6H2,1-3H3. The van der Waals surface area contributed by atoms with E-state index in [0.717, 1.165) is 0 Å². The van der Waals surface area contributed by atoms with Crippen molar-refractivity contribution >= 4 is 8.32 Å². The van der Waals surface area contributed by atoms with Crippen LogP contribution >= 0.6 is 0 Å². The molecule has 0 aliphatic carbocycles. The molecule has 11 heavy (non-hydrogen) atoms. The van der Waals surface area contributed by atoms with Crippen LogP contribution in [-0.2, 0) is 4.43 Å². The van der Waals surface area contributed by atoms with Gasteiger partial charge in [0.2, 0.25) is 0 Å². The van der Waals surface area contributed by atoms with E-state index < -0.39 is 21.1 Å². The molecule has 1 unspecified atom stereocenters. The minimum Gasteiger partial charge on any atom is -0.411 e. The van der Waals surface area contributed by atoms with Crippen molar-refractivity contribution in [2.75, 3.05) is 6.67 Å². The minimum absolute atomic E-state index is 0.154. The molecular weight excluding hydrogens is 161 g/mol. The predicted octanol–water partition coefficient (Wildman–Crippen LogP) is 2.09. The van der Waals surface area contributed by atoms with E-state index in [1.165, 1.54) is 0 Å². The number of hydrogen-bond acceptors (Lipinski definition) is 2. The summed E-state index contributed by atoms with van der Waals surface area (Å²) in [6, 6.07) is 1.90. The van der Waals surface area contributed by atoms with Gasteiger partial charge in [0.25, 0.3) is 0 Å². The summed E-state index contributed by atoms with van der Waals surface area (Å²) in [7, 11) is -1.67. The van der Waals surface area contributed by atoms with E-state index in [9.17, 15) is 4.39 Å². The van der Waals surface area contributed by atoms with Crippen LogP contribution in [0.3, 0.4) is 0 Å². The monoisotopic (exact) mass is 175 g/mol. The third-order valence-electron chi connectivity index (χ3n) is 1.01. The fraction of sp³-hybridized carbons (Fsp3) is 0.857. The summed E-state index contributed by atoms with van der Waals surface area (Å²) in [5.41, 5.74) is 0. The van der Waals surface area contributed by atoms with Crippen LogP contribution in [0.1, 0.15) is 6.42 Å². The molecule has 0 N–H and O–H groups in total. The van der Waals surface area contributed by atoms with Crippen molar-refractivity contribution in [2.24, 2.45) is 0 Å². The van der Waals surface area contributed by atoms with Crippen LogP contribution in [0, 0.1) is 11.3 Å². The normalized spacial score (nSPS) is 14.1. The molecule has 2 nitrogen and oxygen atoms in total. The van der Waals surface area contributed by atoms with E-state index in [1.54, 1.807) is 0 Å². The highest BCUT2D eigenvalue weighted by Gasteiger charge is 2.20. The van der Waals surface area contributed by atoms with E-state index in [4.69, 9.17) is 9.69 Å². The number of halogens is 1. The Morgan fingerprint density at radius 1 is 1.55 bits per heavy atom. The first-order valence-corrected chi connectivity index (χ1v) is 7.01. The molecule has 0 amide bonds. The van der Waals surface area contributed by atoms with Gasteiger partial charge in [-0.3, -0.25) is 0 Å². The molecule has 0 aromatic rings. The Bertz CT molecular complexity index is 150. The topological polar surface area (TPSA) is 33.0 Å². The lowest BCUT2D eigenvalue weighted by Gasteiger charge is -2.22. The van der Waals surface area contributed by atoms with Gasteiger partial charge in [-0.25, -0.2) is 4.39 Å². The van der Waals surface area contributed by atoms with E-state index >= 15 is 0 Å². The van der Waals surface area contributed by atoms with Crippen LogP contribution in [0.25, 0.3) is 0 Å². The number of hydrogen-bond donors (Lipinski definition) is 0. The van der Waals surface area contributed by atoms with E-state index in [-0.39, 0.29) is 6.42 Å². The Labute approximate surface area is 68.1 Å². The van der Waals surface area contributed by atoms with Gasteiger partial charge in [0, 0.05) is 0 Å². The maximum atomic E-state index is 12.1. The highest BCUT2D eigenvalue weighted by atomic mass is 28.4. The van der Waals surface area contributed by atoms with Gasteiger partial charge in [0.15, 0.2) is 8.32 Å². The Kier molecular flexibility index (Phi) is 4.31. The van der Waals surface area contributed by atoms with Crippen LogP contribution in [-0.4, -0.2) is 21.1 Å². The van der Waals surface area contributed by atoms with Gasteiger partial charge in [0.1, 0.15) is 6.67 Å². The zero-order valence-electron chi connectivity index (χ0n) is 7.22. The zero-order chi connectivity index (χ0) is 8.91. The molecule has 0 saturated heterocycles. The first kappa shape index (κ1) is 10.6. The van der Waals surface area contributed by atoms with E-state index in [1.807, 2.05) is 25.7 Å². The van der Waals surface area contributed by atoms with E-state index in [2.05, 4.69) is 0 Å². The lowest BCUT2D eigenvalue weighted by molar-refractivity contribution is 0.162. The van der Waals surface area contributed by atoms with Gasteiger partial charge < -0.3 is 4.43 Å². The lowest BCUT2D eigenvalue weighted by atomic mass is 10.3. The highest BCUT2D eigenvalue weighted by molar-refractivity contribution is 6.69. The number of alkyl halides is 1. The number of nitrogens with zero attached hydrogens (tertiary/aromatic N) is 1. The Morgan fingerprint density at radius 2 is 2.09 bits per heavy atom. The van der Waals surface area contributed by atoms with Gasteiger partial charge in [0.05, 0.1) is 18.6 Å². The molecule has 0 spiro atoms. The van der Waals surface area contributed by atoms with E-state index in [0.29, 0.717) is 0 Å². The predicted molar refractivity (Wildman–Crippen MR) is 44.4 cm³/mol. The average molecular weight is 175 g/mol. The quantitative estimate of drug-likeness (QED) is 0.613. The maximum Gasteiger partial charge on any atom is 0.184 e. The number of nitriles is 1. The SMILES string of the molecule is C[Si](C)(C)OC(CF)CC#N. The molecule has 0 heterocycles.